The number of hydrogen-bond acceptors (Lipinski definition) is 5. The Morgan fingerprint density at radius 3 is 2.75 bits per heavy atom. The first-order valence-corrected chi connectivity index (χ1v) is 5.87. The van der Waals surface area contributed by atoms with Gasteiger partial charge < -0.3 is 15.2 Å². The van der Waals surface area contributed by atoms with Crippen LogP contribution < -0.4 is 5.73 Å². The van der Waals surface area contributed by atoms with Crippen LogP contribution in [0, 0.1) is 0 Å². The molecule has 0 radical (unpaired) electrons. The maximum atomic E-state index is 11.0. The lowest BCUT2D eigenvalue weighted by Crippen LogP contribution is -2.37. The molecular weight excluding hydrogens is 208 g/mol. The van der Waals surface area contributed by atoms with E-state index in [1.54, 1.807) is 0 Å². The van der Waals surface area contributed by atoms with Crippen molar-refractivity contribution in [3.05, 3.63) is 0 Å². The van der Waals surface area contributed by atoms with Crippen LogP contribution in [0.3, 0.4) is 0 Å². The molecule has 0 aromatic heterocycles. The zero-order valence-corrected chi connectivity index (χ0v) is 9.98. The normalized spacial score (nSPS) is 19.4. The first kappa shape index (κ1) is 13.4. The Kier molecular flexibility index (Phi) is 6.37. The van der Waals surface area contributed by atoms with E-state index in [2.05, 4.69) is 9.64 Å². The zero-order valence-electron chi connectivity index (χ0n) is 9.98. The number of esters is 1. The smallest absolute Gasteiger partial charge is 0.322 e. The second-order valence-electron chi connectivity index (χ2n) is 4.08. The van der Waals surface area contributed by atoms with E-state index in [0.29, 0.717) is 6.42 Å². The standard InChI is InChI=1S/C11H22N2O3/c1-15-11(14)10(12)4-2-3-5-13-6-8-16-9-7-13/h10H,2-9,12H2,1H3/t10-/m0/s1. The second kappa shape index (κ2) is 7.60. The summed E-state index contributed by atoms with van der Waals surface area (Å²) in [7, 11) is 1.37. The van der Waals surface area contributed by atoms with Crippen LogP contribution in [0.5, 0.6) is 0 Å². The number of nitrogens with zero attached hydrogens (tertiary/aromatic N) is 1. The highest BCUT2D eigenvalue weighted by Crippen LogP contribution is 2.04. The lowest BCUT2D eigenvalue weighted by molar-refractivity contribution is -0.142. The summed E-state index contributed by atoms with van der Waals surface area (Å²) in [5.74, 6) is -0.314. The number of methoxy groups -OCH3 is 1. The van der Waals surface area contributed by atoms with E-state index in [-0.39, 0.29) is 5.97 Å². The molecule has 0 amide bonds. The van der Waals surface area contributed by atoms with Crippen molar-refractivity contribution in [2.75, 3.05) is 40.0 Å². The van der Waals surface area contributed by atoms with Crippen LogP contribution in [0.4, 0.5) is 0 Å². The number of carbonyl (C=O) groups is 1. The Labute approximate surface area is 96.9 Å². The third-order valence-electron chi connectivity index (χ3n) is 2.85. The van der Waals surface area contributed by atoms with Crippen molar-refractivity contribution < 1.29 is 14.3 Å². The van der Waals surface area contributed by atoms with E-state index in [4.69, 9.17) is 10.5 Å². The fourth-order valence-electron chi connectivity index (χ4n) is 1.79. The largest absolute Gasteiger partial charge is 0.468 e. The van der Waals surface area contributed by atoms with E-state index in [1.807, 2.05) is 0 Å². The van der Waals surface area contributed by atoms with Gasteiger partial charge in [-0.25, -0.2) is 0 Å². The van der Waals surface area contributed by atoms with Gasteiger partial charge in [-0.05, 0) is 19.4 Å². The third kappa shape index (κ3) is 4.92. The average molecular weight is 230 g/mol. The summed E-state index contributed by atoms with van der Waals surface area (Å²) in [4.78, 5) is 13.4. The minimum atomic E-state index is -0.463. The molecule has 94 valence electrons. The third-order valence-corrected chi connectivity index (χ3v) is 2.85. The summed E-state index contributed by atoms with van der Waals surface area (Å²) < 4.78 is 9.84. The van der Waals surface area contributed by atoms with Gasteiger partial charge in [0.05, 0.1) is 20.3 Å². The van der Waals surface area contributed by atoms with Crippen molar-refractivity contribution in [3.63, 3.8) is 0 Å². The van der Waals surface area contributed by atoms with Crippen molar-refractivity contribution in [3.8, 4) is 0 Å². The van der Waals surface area contributed by atoms with Gasteiger partial charge >= 0.3 is 5.97 Å². The number of ether oxygens (including phenoxy) is 2. The Bertz CT molecular complexity index is 205. The quantitative estimate of drug-likeness (QED) is 0.513. The summed E-state index contributed by atoms with van der Waals surface area (Å²) in [5, 5.41) is 0. The molecule has 0 spiro atoms. The number of morpholine rings is 1. The van der Waals surface area contributed by atoms with Gasteiger partial charge in [-0.2, -0.15) is 0 Å². The Morgan fingerprint density at radius 2 is 2.12 bits per heavy atom. The van der Waals surface area contributed by atoms with Gasteiger partial charge in [-0.15, -0.1) is 0 Å². The summed E-state index contributed by atoms with van der Waals surface area (Å²) in [6.45, 7) is 4.77. The molecule has 16 heavy (non-hydrogen) atoms. The van der Waals surface area contributed by atoms with Crippen LogP contribution in [-0.2, 0) is 14.3 Å². The SMILES string of the molecule is COC(=O)[C@@H](N)CCCCN1CCOCC1. The number of hydrogen-bond donors (Lipinski definition) is 1. The maximum Gasteiger partial charge on any atom is 0.322 e. The fourth-order valence-corrected chi connectivity index (χ4v) is 1.79. The number of nitrogens with two attached hydrogens (primary N) is 1. The van der Waals surface area contributed by atoms with Crippen molar-refractivity contribution in [1.29, 1.82) is 0 Å². The average Bonchev–Trinajstić information content (AvgIpc) is 2.34. The van der Waals surface area contributed by atoms with Crippen molar-refractivity contribution in [2.45, 2.75) is 25.3 Å². The van der Waals surface area contributed by atoms with Gasteiger partial charge in [0.1, 0.15) is 6.04 Å². The topological polar surface area (TPSA) is 64.8 Å². The minimum absolute atomic E-state index is 0.314. The summed E-state index contributed by atoms with van der Waals surface area (Å²) >= 11 is 0. The number of rotatable bonds is 6. The van der Waals surface area contributed by atoms with Crippen LogP contribution in [0.15, 0.2) is 0 Å². The van der Waals surface area contributed by atoms with Crippen LogP contribution in [0.2, 0.25) is 0 Å². The second-order valence-corrected chi connectivity index (χ2v) is 4.08. The van der Waals surface area contributed by atoms with E-state index in [0.717, 1.165) is 45.7 Å². The summed E-state index contributed by atoms with van der Waals surface area (Å²) in [6.07, 6.45) is 2.75. The molecule has 0 bridgehead atoms. The predicted octanol–water partition coefficient (Wildman–Crippen LogP) is -0.0108. The Morgan fingerprint density at radius 1 is 1.44 bits per heavy atom. The molecule has 2 N–H and O–H groups in total. The van der Waals surface area contributed by atoms with Crippen molar-refractivity contribution in [1.82, 2.24) is 4.90 Å². The maximum absolute atomic E-state index is 11.0. The van der Waals surface area contributed by atoms with E-state index < -0.39 is 6.04 Å². The molecule has 1 rings (SSSR count). The molecule has 0 saturated carbocycles. The fraction of sp³-hybridized carbons (Fsp3) is 0.909. The molecule has 5 heteroatoms. The highest BCUT2D eigenvalue weighted by atomic mass is 16.5. The van der Waals surface area contributed by atoms with Gasteiger partial charge in [0.2, 0.25) is 0 Å². The molecule has 0 aromatic rings. The minimum Gasteiger partial charge on any atom is -0.468 e. The molecule has 0 aliphatic carbocycles. The van der Waals surface area contributed by atoms with Crippen LogP contribution >= 0.6 is 0 Å². The van der Waals surface area contributed by atoms with Crippen LogP contribution in [-0.4, -0.2) is 56.9 Å². The molecule has 1 heterocycles. The lowest BCUT2D eigenvalue weighted by Gasteiger charge is -2.26. The molecule has 1 aliphatic heterocycles. The molecular formula is C11H22N2O3. The molecule has 5 nitrogen and oxygen atoms in total. The molecule has 0 unspecified atom stereocenters. The zero-order chi connectivity index (χ0) is 11.8. The molecule has 1 saturated heterocycles. The number of carbonyl (C=O) groups excluding carboxylic acids is 1. The van der Waals surface area contributed by atoms with Crippen LogP contribution in [0.1, 0.15) is 19.3 Å². The van der Waals surface area contributed by atoms with Gasteiger partial charge in [-0.3, -0.25) is 9.69 Å². The van der Waals surface area contributed by atoms with Crippen LogP contribution in [0.25, 0.3) is 0 Å². The first-order valence-electron chi connectivity index (χ1n) is 5.87. The lowest BCUT2D eigenvalue weighted by atomic mass is 10.1. The van der Waals surface area contributed by atoms with Crippen molar-refractivity contribution >= 4 is 5.97 Å². The molecule has 1 aliphatic rings. The van der Waals surface area contributed by atoms with Gasteiger partial charge in [0, 0.05) is 13.1 Å². The Balaban J connectivity index is 2.00. The van der Waals surface area contributed by atoms with Crippen molar-refractivity contribution in [2.24, 2.45) is 5.73 Å². The molecule has 1 atom stereocenters. The molecule has 0 aromatic carbocycles. The van der Waals surface area contributed by atoms with E-state index in [9.17, 15) is 4.79 Å². The van der Waals surface area contributed by atoms with E-state index >= 15 is 0 Å². The first-order chi connectivity index (χ1) is 7.74. The summed E-state index contributed by atoms with van der Waals surface area (Å²) in [5.41, 5.74) is 5.64. The summed E-state index contributed by atoms with van der Waals surface area (Å²) in [6, 6.07) is -0.463. The van der Waals surface area contributed by atoms with E-state index in [1.165, 1.54) is 7.11 Å². The highest BCUT2D eigenvalue weighted by Gasteiger charge is 2.13. The molecule has 1 fully saturated rings. The monoisotopic (exact) mass is 230 g/mol. The van der Waals surface area contributed by atoms with Gasteiger partial charge in [0.15, 0.2) is 0 Å². The van der Waals surface area contributed by atoms with Gasteiger partial charge in [0.25, 0.3) is 0 Å². The predicted molar refractivity (Wildman–Crippen MR) is 61.1 cm³/mol. The Hall–Kier alpha value is -0.650. The van der Waals surface area contributed by atoms with Gasteiger partial charge in [-0.1, -0.05) is 6.42 Å². The highest BCUT2D eigenvalue weighted by molar-refractivity contribution is 5.75. The number of unbranched alkanes of at least 4 members (excludes halogenated alkanes) is 1.